The smallest absolute Gasteiger partial charge is 0.330 e. The van der Waals surface area contributed by atoms with Crippen LogP contribution in [0.25, 0.3) is 11.2 Å². The van der Waals surface area contributed by atoms with Crippen LogP contribution < -0.4 is 20.9 Å². The van der Waals surface area contributed by atoms with Gasteiger partial charge in [0.05, 0.1) is 14.2 Å². The van der Waals surface area contributed by atoms with E-state index in [1.807, 2.05) is 18.2 Å². The molecule has 3 rings (SSSR count). The molecular weight excluding hydrogens is 370 g/mol. The first kappa shape index (κ1) is 18.8. The van der Waals surface area contributed by atoms with Crippen LogP contribution in [0, 0.1) is 0 Å². The number of anilines is 1. The van der Waals surface area contributed by atoms with Crippen LogP contribution in [0.15, 0.2) is 35.6 Å². The zero-order valence-corrected chi connectivity index (χ0v) is 15.9. The molecule has 1 aromatic carbocycles. The van der Waals surface area contributed by atoms with Gasteiger partial charge in [-0.2, -0.15) is 9.97 Å². The molecule has 0 radical (unpaired) electrons. The number of aryl methyl sites for hydroxylation is 2. The molecule has 9 heteroatoms. The number of nitrogens with two attached hydrogens (primary N) is 1. The van der Waals surface area contributed by atoms with Gasteiger partial charge in [-0.05, 0) is 24.1 Å². The minimum atomic E-state index is -0.243. The van der Waals surface area contributed by atoms with Crippen molar-refractivity contribution in [2.24, 2.45) is 0 Å². The number of hydrogen-bond acceptors (Lipinski definition) is 6. The Hall–Kier alpha value is -3.00. The molecule has 0 spiro atoms. The maximum atomic E-state index is 12.9. The van der Waals surface area contributed by atoms with Crippen LogP contribution in [0.2, 0.25) is 5.15 Å². The predicted octanol–water partition coefficient (Wildman–Crippen LogP) is 2.27. The van der Waals surface area contributed by atoms with Gasteiger partial charge in [0.2, 0.25) is 5.95 Å². The normalized spacial score (nSPS) is 10.9. The van der Waals surface area contributed by atoms with Crippen molar-refractivity contribution in [3.05, 3.63) is 52.1 Å². The largest absolute Gasteiger partial charge is 0.493 e. The highest BCUT2D eigenvalue weighted by Gasteiger charge is 2.18. The highest BCUT2D eigenvalue weighted by atomic mass is 35.5. The van der Waals surface area contributed by atoms with Gasteiger partial charge in [0.1, 0.15) is 5.52 Å². The highest BCUT2D eigenvalue weighted by Crippen LogP contribution is 2.28. The molecular formula is C18H20ClN5O3. The number of nitrogens with zero attached hydrogens (tertiary/aromatic N) is 4. The standard InChI is InChI=1S/C18H20ClN5O3/c1-4-8-23-14-15(19)21-17(20)22-16(14)24(18(23)25)9-7-11-5-6-12(26-2)13(10-11)27-3/h4-6,10H,1,7-9H2,2-3H3,(H2,20,21,22). The molecule has 0 atom stereocenters. The first-order chi connectivity index (χ1) is 13.0. The molecule has 2 heterocycles. The number of nitrogen functional groups attached to an aromatic ring is 1. The van der Waals surface area contributed by atoms with E-state index in [0.29, 0.717) is 42.2 Å². The van der Waals surface area contributed by atoms with E-state index in [-0.39, 0.29) is 16.8 Å². The van der Waals surface area contributed by atoms with E-state index in [1.54, 1.807) is 24.9 Å². The Morgan fingerprint density at radius 2 is 1.96 bits per heavy atom. The SMILES string of the molecule is C=CCn1c(=O)n(CCc2ccc(OC)c(OC)c2)c2nc(N)nc(Cl)c21. The summed E-state index contributed by atoms with van der Waals surface area (Å²) >= 11 is 6.21. The van der Waals surface area contributed by atoms with Crippen LogP contribution in [0.4, 0.5) is 5.95 Å². The average Bonchev–Trinajstić information content (AvgIpc) is 2.91. The Balaban J connectivity index is 2.01. The van der Waals surface area contributed by atoms with E-state index in [9.17, 15) is 4.79 Å². The van der Waals surface area contributed by atoms with Crippen molar-refractivity contribution >= 4 is 28.7 Å². The van der Waals surface area contributed by atoms with Gasteiger partial charge in [-0.3, -0.25) is 9.13 Å². The molecule has 3 aromatic rings. The first-order valence-electron chi connectivity index (χ1n) is 8.24. The lowest BCUT2D eigenvalue weighted by molar-refractivity contribution is 0.354. The van der Waals surface area contributed by atoms with Crippen LogP contribution in [-0.2, 0) is 19.5 Å². The molecule has 0 amide bonds. The lowest BCUT2D eigenvalue weighted by Crippen LogP contribution is -2.25. The van der Waals surface area contributed by atoms with Crippen molar-refractivity contribution in [3.8, 4) is 11.5 Å². The van der Waals surface area contributed by atoms with E-state index in [1.165, 1.54) is 4.57 Å². The molecule has 0 saturated carbocycles. The van der Waals surface area contributed by atoms with Crippen LogP contribution in [0.1, 0.15) is 5.56 Å². The topological polar surface area (TPSA) is 97.2 Å². The van der Waals surface area contributed by atoms with Crippen molar-refractivity contribution in [3.63, 3.8) is 0 Å². The molecule has 0 saturated heterocycles. The number of allylic oxidation sites excluding steroid dienone is 1. The van der Waals surface area contributed by atoms with Gasteiger partial charge >= 0.3 is 5.69 Å². The number of imidazole rings is 1. The number of ether oxygens (including phenoxy) is 2. The van der Waals surface area contributed by atoms with Gasteiger partial charge in [-0.15, -0.1) is 6.58 Å². The average molecular weight is 390 g/mol. The second kappa shape index (κ2) is 7.71. The number of benzene rings is 1. The Kier molecular flexibility index (Phi) is 5.36. The van der Waals surface area contributed by atoms with Crippen molar-refractivity contribution in [2.75, 3.05) is 20.0 Å². The molecule has 27 heavy (non-hydrogen) atoms. The lowest BCUT2D eigenvalue weighted by Gasteiger charge is -2.10. The number of hydrogen-bond donors (Lipinski definition) is 1. The number of aromatic nitrogens is 4. The monoisotopic (exact) mass is 389 g/mol. The molecule has 0 aliphatic rings. The highest BCUT2D eigenvalue weighted by molar-refractivity contribution is 6.33. The molecule has 0 aliphatic heterocycles. The molecule has 0 fully saturated rings. The summed E-state index contributed by atoms with van der Waals surface area (Å²) in [5, 5.41) is 0.140. The minimum absolute atomic E-state index is 0.0168. The molecule has 2 aromatic heterocycles. The quantitative estimate of drug-likeness (QED) is 0.491. The van der Waals surface area contributed by atoms with Crippen LogP contribution in [0.5, 0.6) is 11.5 Å². The summed E-state index contributed by atoms with van der Waals surface area (Å²) in [6.45, 7) is 4.37. The van der Waals surface area contributed by atoms with Gasteiger partial charge in [0.15, 0.2) is 22.3 Å². The summed E-state index contributed by atoms with van der Waals surface area (Å²) in [5.74, 6) is 1.29. The third kappa shape index (κ3) is 3.48. The molecule has 0 bridgehead atoms. The van der Waals surface area contributed by atoms with Gasteiger partial charge in [0.25, 0.3) is 0 Å². The zero-order chi connectivity index (χ0) is 19.6. The Morgan fingerprint density at radius 1 is 1.22 bits per heavy atom. The molecule has 0 unspecified atom stereocenters. The number of halogens is 1. The summed E-state index contributed by atoms with van der Waals surface area (Å²) in [7, 11) is 3.16. The fraction of sp³-hybridized carbons (Fsp3) is 0.278. The van der Waals surface area contributed by atoms with Crippen molar-refractivity contribution in [2.45, 2.75) is 19.5 Å². The maximum Gasteiger partial charge on any atom is 0.330 e. The second-order valence-electron chi connectivity index (χ2n) is 5.82. The third-order valence-electron chi connectivity index (χ3n) is 4.21. The lowest BCUT2D eigenvalue weighted by atomic mass is 10.1. The number of rotatable bonds is 7. The molecule has 0 aliphatic carbocycles. The Bertz CT molecular complexity index is 1060. The second-order valence-corrected chi connectivity index (χ2v) is 6.18. The summed E-state index contributed by atoms with van der Waals surface area (Å²) < 4.78 is 13.6. The Morgan fingerprint density at radius 3 is 2.63 bits per heavy atom. The van der Waals surface area contributed by atoms with E-state index < -0.39 is 0 Å². The van der Waals surface area contributed by atoms with E-state index in [4.69, 9.17) is 26.8 Å². The van der Waals surface area contributed by atoms with Gasteiger partial charge in [0, 0.05) is 13.1 Å². The Labute approximate surface area is 160 Å². The third-order valence-corrected chi connectivity index (χ3v) is 4.47. The molecule has 142 valence electrons. The summed E-state index contributed by atoms with van der Waals surface area (Å²) in [5.41, 5.74) is 7.31. The van der Waals surface area contributed by atoms with Gasteiger partial charge < -0.3 is 15.2 Å². The van der Waals surface area contributed by atoms with Crippen molar-refractivity contribution in [1.82, 2.24) is 19.1 Å². The van der Waals surface area contributed by atoms with E-state index >= 15 is 0 Å². The predicted molar refractivity (Wildman–Crippen MR) is 105 cm³/mol. The fourth-order valence-electron chi connectivity index (χ4n) is 2.96. The fourth-order valence-corrected chi connectivity index (χ4v) is 3.23. The van der Waals surface area contributed by atoms with Crippen molar-refractivity contribution < 1.29 is 9.47 Å². The zero-order valence-electron chi connectivity index (χ0n) is 15.1. The van der Waals surface area contributed by atoms with Gasteiger partial charge in [-0.25, -0.2) is 4.79 Å². The van der Waals surface area contributed by atoms with Crippen LogP contribution in [0.3, 0.4) is 0 Å². The van der Waals surface area contributed by atoms with Gasteiger partial charge in [-0.1, -0.05) is 23.7 Å². The van der Waals surface area contributed by atoms with Crippen molar-refractivity contribution in [1.29, 1.82) is 0 Å². The summed E-state index contributed by atoms with van der Waals surface area (Å²) in [6.07, 6.45) is 2.20. The van der Waals surface area contributed by atoms with E-state index in [0.717, 1.165) is 5.56 Å². The number of methoxy groups -OCH3 is 2. The van der Waals surface area contributed by atoms with Crippen LogP contribution in [-0.4, -0.2) is 33.3 Å². The summed E-state index contributed by atoms with van der Waals surface area (Å²) in [6, 6.07) is 5.63. The maximum absolute atomic E-state index is 12.9. The van der Waals surface area contributed by atoms with E-state index in [2.05, 4.69) is 16.5 Å². The summed E-state index contributed by atoms with van der Waals surface area (Å²) in [4.78, 5) is 21.0. The first-order valence-corrected chi connectivity index (χ1v) is 8.61. The molecule has 2 N–H and O–H groups in total. The molecule has 8 nitrogen and oxygen atoms in total. The number of fused-ring (bicyclic) bond motifs is 1. The van der Waals surface area contributed by atoms with Crippen LogP contribution >= 0.6 is 11.6 Å². The minimum Gasteiger partial charge on any atom is -0.493 e.